The number of piperidine rings is 1. The van der Waals surface area contributed by atoms with Crippen LogP contribution in [0.5, 0.6) is 0 Å². The van der Waals surface area contributed by atoms with Crippen LogP contribution in [-0.4, -0.2) is 34.1 Å². The first-order chi connectivity index (χ1) is 13.3. The molecule has 1 N–H and O–H groups in total. The zero-order chi connectivity index (χ0) is 18.5. The minimum Gasteiger partial charge on any atom is -0.299 e. The Morgan fingerprint density at radius 1 is 1.00 bits per heavy atom. The molecule has 1 saturated heterocycles. The molecular weight excluding hydrogens is 356 g/mol. The van der Waals surface area contributed by atoms with Gasteiger partial charge in [-0.1, -0.05) is 67.4 Å². The van der Waals surface area contributed by atoms with Gasteiger partial charge in [0.2, 0.25) is 11.0 Å². The van der Waals surface area contributed by atoms with Crippen molar-refractivity contribution in [3.8, 4) is 0 Å². The van der Waals surface area contributed by atoms with Crippen molar-refractivity contribution in [1.29, 1.82) is 0 Å². The molecule has 0 unspecified atom stereocenters. The lowest BCUT2D eigenvalue weighted by Crippen LogP contribution is -2.40. The number of amides is 1. The van der Waals surface area contributed by atoms with E-state index >= 15 is 0 Å². The normalized spacial score (nSPS) is 20.3. The monoisotopic (exact) mass is 384 g/mol. The molecule has 1 aromatic carbocycles. The Bertz CT molecular complexity index is 736. The van der Waals surface area contributed by atoms with Crippen LogP contribution in [0.25, 0.3) is 0 Å². The molecule has 0 bridgehead atoms. The lowest BCUT2D eigenvalue weighted by molar-refractivity contribution is -0.122. The third-order valence-electron chi connectivity index (χ3n) is 5.74. The Morgan fingerprint density at radius 3 is 2.44 bits per heavy atom. The van der Waals surface area contributed by atoms with Gasteiger partial charge in [-0.25, -0.2) is 0 Å². The van der Waals surface area contributed by atoms with E-state index in [4.69, 9.17) is 0 Å². The molecule has 1 saturated carbocycles. The maximum atomic E-state index is 13.2. The molecule has 27 heavy (non-hydrogen) atoms. The summed E-state index contributed by atoms with van der Waals surface area (Å²) in [5.41, 5.74) is 1.05. The number of anilines is 1. The van der Waals surface area contributed by atoms with E-state index in [2.05, 4.69) is 20.4 Å². The molecule has 1 aliphatic heterocycles. The van der Waals surface area contributed by atoms with Crippen LogP contribution in [0.3, 0.4) is 0 Å². The fourth-order valence-electron chi connectivity index (χ4n) is 4.31. The van der Waals surface area contributed by atoms with Crippen molar-refractivity contribution in [1.82, 2.24) is 15.1 Å². The number of benzene rings is 1. The predicted molar refractivity (Wildman–Crippen MR) is 109 cm³/mol. The van der Waals surface area contributed by atoms with Crippen LogP contribution in [0.1, 0.15) is 73.9 Å². The molecule has 4 rings (SSSR count). The van der Waals surface area contributed by atoms with Crippen LogP contribution >= 0.6 is 11.3 Å². The maximum absolute atomic E-state index is 13.2. The van der Waals surface area contributed by atoms with Crippen molar-refractivity contribution < 1.29 is 4.79 Å². The summed E-state index contributed by atoms with van der Waals surface area (Å²) in [5.74, 6) is 0.531. The molecule has 1 aliphatic carbocycles. The van der Waals surface area contributed by atoms with Gasteiger partial charge in [0.05, 0.1) is 0 Å². The zero-order valence-electron chi connectivity index (χ0n) is 15.8. The van der Waals surface area contributed by atoms with E-state index in [9.17, 15) is 4.79 Å². The molecule has 5 nitrogen and oxygen atoms in total. The number of rotatable bonds is 5. The van der Waals surface area contributed by atoms with Gasteiger partial charge < -0.3 is 0 Å². The molecule has 1 aromatic heterocycles. The topological polar surface area (TPSA) is 58.1 Å². The Morgan fingerprint density at radius 2 is 1.70 bits per heavy atom. The minimum atomic E-state index is -0.256. The van der Waals surface area contributed by atoms with Crippen molar-refractivity contribution in [2.45, 2.75) is 63.3 Å². The number of aromatic nitrogens is 2. The van der Waals surface area contributed by atoms with Gasteiger partial charge in [-0.2, -0.15) is 0 Å². The number of nitrogens with zero attached hydrogens (tertiary/aromatic N) is 3. The second kappa shape index (κ2) is 8.93. The van der Waals surface area contributed by atoms with Crippen LogP contribution in [0, 0.1) is 0 Å². The zero-order valence-corrected chi connectivity index (χ0v) is 16.6. The Balaban J connectivity index is 1.49. The second-order valence-electron chi connectivity index (χ2n) is 7.68. The molecule has 2 aromatic rings. The van der Waals surface area contributed by atoms with E-state index in [1.165, 1.54) is 38.5 Å². The third-order valence-corrected chi connectivity index (χ3v) is 6.75. The maximum Gasteiger partial charge on any atom is 0.248 e. The molecule has 0 radical (unpaired) electrons. The van der Waals surface area contributed by atoms with Crippen molar-refractivity contribution in [2.75, 3.05) is 18.4 Å². The number of nitrogens with one attached hydrogen (secondary N) is 1. The van der Waals surface area contributed by atoms with E-state index in [0.29, 0.717) is 11.0 Å². The fourth-order valence-corrected chi connectivity index (χ4v) is 5.23. The van der Waals surface area contributed by atoms with Crippen LogP contribution in [0.4, 0.5) is 5.13 Å². The largest absolute Gasteiger partial charge is 0.299 e. The van der Waals surface area contributed by atoms with Crippen LogP contribution < -0.4 is 5.32 Å². The number of likely N-dealkylation sites (tertiary alicyclic amines) is 1. The molecular formula is C21H28N4OS. The SMILES string of the molecule is O=C(Nc1nnc(C2CCCCC2)s1)[C@H](c1ccccc1)N1CCCCC1. The molecule has 2 heterocycles. The summed E-state index contributed by atoms with van der Waals surface area (Å²) in [7, 11) is 0. The summed E-state index contributed by atoms with van der Waals surface area (Å²) in [4.78, 5) is 15.5. The van der Waals surface area contributed by atoms with Crippen LogP contribution in [0.2, 0.25) is 0 Å². The lowest BCUT2D eigenvalue weighted by Gasteiger charge is -2.33. The van der Waals surface area contributed by atoms with Crippen LogP contribution in [0.15, 0.2) is 30.3 Å². The highest BCUT2D eigenvalue weighted by atomic mass is 32.1. The van der Waals surface area contributed by atoms with E-state index in [-0.39, 0.29) is 11.9 Å². The Labute approximate surface area is 165 Å². The van der Waals surface area contributed by atoms with Crippen molar-refractivity contribution in [2.24, 2.45) is 0 Å². The van der Waals surface area contributed by atoms with Gasteiger partial charge in [-0.05, 0) is 44.3 Å². The number of hydrogen-bond donors (Lipinski definition) is 1. The van der Waals surface area contributed by atoms with Gasteiger partial charge in [0.15, 0.2) is 0 Å². The summed E-state index contributed by atoms with van der Waals surface area (Å²) in [6.07, 6.45) is 9.83. The first-order valence-corrected chi connectivity index (χ1v) is 11.1. The molecule has 2 aliphatic rings. The fraction of sp³-hybridized carbons (Fsp3) is 0.571. The van der Waals surface area contributed by atoms with E-state index in [1.54, 1.807) is 11.3 Å². The molecule has 1 amide bonds. The van der Waals surface area contributed by atoms with Gasteiger partial charge in [0, 0.05) is 5.92 Å². The first kappa shape index (κ1) is 18.6. The van der Waals surface area contributed by atoms with Gasteiger partial charge in [-0.15, -0.1) is 10.2 Å². The highest BCUT2D eigenvalue weighted by Gasteiger charge is 2.29. The Kier molecular flexibility index (Phi) is 6.14. The molecule has 1 atom stereocenters. The lowest BCUT2D eigenvalue weighted by atomic mass is 9.90. The summed E-state index contributed by atoms with van der Waals surface area (Å²) in [5, 5.41) is 13.4. The van der Waals surface area contributed by atoms with Gasteiger partial charge in [0.1, 0.15) is 11.0 Å². The molecule has 6 heteroatoms. The smallest absolute Gasteiger partial charge is 0.248 e. The molecule has 0 spiro atoms. The second-order valence-corrected chi connectivity index (χ2v) is 8.69. The molecule has 2 fully saturated rings. The Hall–Kier alpha value is -1.79. The number of hydrogen-bond acceptors (Lipinski definition) is 5. The predicted octanol–water partition coefficient (Wildman–Crippen LogP) is 4.75. The first-order valence-electron chi connectivity index (χ1n) is 10.2. The number of carbonyl (C=O) groups excluding carboxylic acids is 1. The van der Waals surface area contributed by atoms with Gasteiger partial charge in [-0.3, -0.25) is 15.0 Å². The summed E-state index contributed by atoms with van der Waals surface area (Å²) in [6.45, 7) is 1.94. The highest BCUT2D eigenvalue weighted by molar-refractivity contribution is 7.15. The summed E-state index contributed by atoms with van der Waals surface area (Å²) < 4.78 is 0. The molecule has 144 valence electrons. The highest BCUT2D eigenvalue weighted by Crippen LogP contribution is 2.35. The van der Waals surface area contributed by atoms with E-state index in [1.807, 2.05) is 30.3 Å². The van der Waals surface area contributed by atoms with Crippen molar-refractivity contribution in [3.05, 3.63) is 40.9 Å². The average molecular weight is 385 g/mol. The summed E-state index contributed by atoms with van der Waals surface area (Å²) in [6, 6.07) is 9.85. The minimum absolute atomic E-state index is 0.00874. The van der Waals surface area contributed by atoms with Gasteiger partial charge in [0.25, 0.3) is 0 Å². The van der Waals surface area contributed by atoms with Crippen molar-refractivity contribution >= 4 is 22.4 Å². The van der Waals surface area contributed by atoms with Crippen molar-refractivity contribution in [3.63, 3.8) is 0 Å². The third kappa shape index (κ3) is 4.55. The average Bonchev–Trinajstić information content (AvgIpc) is 3.19. The summed E-state index contributed by atoms with van der Waals surface area (Å²) >= 11 is 1.55. The quantitative estimate of drug-likeness (QED) is 0.808. The van der Waals surface area contributed by atoms with E-state index < -0.39 is 0 Å². The number of carbonyl (C=O) groups is 1. The van der Waals surface area contributed by atoms with E-state index in [0.717, 1.165) is 36.5 Å². The van der Waals surface area contributed by atoms with Gasteiger partial charge >= 0.3 is 0 Å². The standard InChI is InChI=1S/C21H28N4OS/c26-19(22-21-24-23-20(27-21)17-12-6-2-7-13-17)18(16-10-4-1-5-11-16)25-14-8-3-9-15-25/h1,4-5,10-11,17-18H,2-3,6-9,12-15H2,(H,22,24,26)/t18-/m0/s1. The van der Waals surface area contributed by atoms with Crippen LogP contribution in [-0.2, 0) is 4.79 Å².